The number of hydrogen-bond donors (Lipinski definition) is 1. The molecular formula is C13H19ClFNOS. The molecule has 1 aromatic rings. The molecule has 0 fully saturated rings. The van der Waals surface area contributed by atoms with Gasteiger partial charge in [0.2, 0.25) is 0 Å². The standard InChI is InChI=1S/C13H19ClFNOS/c1-9(6-7-18(3)17)16-10(2)12-5-4-11(15)8-13(12)14/h4-5,8-10,16H,6-7H2,1-3H3. The van der Waals surface area contributed by atoms with Gasteiger partial charge in [0.1, 0.15) is 5.82 Å². The SMILES string of the molecule is CC(CCS(C)=O)NC(C)c1ccc(F)cc1Cl. The average molecular weight is 292 g/mol. The van der Waals surface area contributed by atoms with Crippen molar-refractivity contribution in [1.82, 2.24) is 5.32 Å². The van der Waals surface area contributed by atoms with Crippen LogP contribution in [-0.2, 0) is 10.8 Å². The van der Waals surface area contributed by atoms with Gasteiger partial charge < -0.3 is 5.32 Å². The van der Waals surface area contributed by atoms with E-state index in [1.807, 2.05) is 13.8 Å². The molecule has 0 saturated carbocycles. The predicted octanol–water partition coefficient (Wildman–Crippen LogP) is 3.29. The van der Waals surface area contributed by atoms with Gasteiger partial charge in [-0.15, -0.1) is 0 Å². The van der Waals surface area contributed by atoms with E-state index < -0.39 is 10.8 Å². The fourth-order valence-corrected chi connectivity index (χ4v) is 2.81. The molecule has 102 valence electrons. The first-order valence-electron chi connectivity index (χ1n) is 5.91. The monoisotopic (exact) mass is 291 g/mol. The topological polar surface area (TPSA) is 29.1 Å². The first-order valence-corrected chi connectivity index (χ1v) is 8.01. The molecule has 1 aromatic carbocycles. The summed E-state index contributed by atoms with van der Waals surface area (Å²) in [7, 11) is -0.769. The van der Waals surface area contributed by atoms with Gasteiger partial charge in [-0.1, -0.05) is 17.7 Å². The van der Waals surface area contributed by atoms with Crippen molar-refractivity contribution in [2.75, 3.05) is 12.0 Å². The number of rotatable bonds is 6. The van der Waals surface area contributed by atoms with Crippen LogP contribution in [0.25, 0.3) is 0 Å². The van der Waals surface area contributed by atoms with E-state index in [9.17, 15) is 8.60 Å². The fraction of sp³-hybridized carbons (Fsp3) is 0.538. The molecule has 0 aromatic heterocycles. The summed E-state index contributed by atoms with van der Waals surface area (Å²) in [5.74, 6) is 0.350. The second kappa shape index (κ2) is 7.22. The summed E-state index contributed by atoms with van der Waals surface area (Å²) < 4.78 is 24.0. The Morgan fingerprint density at radius 1 is 1.44 bits per heavy atom. The van der Waals surface area contributed by atoms with Crippen molar-refractivity contribution in [2.45, 2.75) is 32.4 Å². The lowest BCUT2D eigenvalue weighted by Gasteiger charge is -2.21. The van der Waals surface area contributed by atoms with Crippen LogP contribution < -0.4 is 5.32 Å². The van der Waals surface area contributed by atoms with Crippen LogP contribution in [0.15, 0.2) is 18.2 Å². The number of hydrogen-bond acceptors (Lipinski definition) is 2. The third-order valence-corrected chi connectivity index (χ3v) is 3.94. The van der Waals surface area contributed by atoms with Gasteiger partial charge in [0, 0.05) is 39.9 Å². The van der Waals surface area contributed by atoms with Gasteiger partial charge in [0.25, 0.3) is 0 Å². The minimum Gasteiger partial charge on any atom is -0.308 e. The van der Waals surface area contributed by atoms with Crippen LogP contribution in [0.1, 0.15) is 31.9 Å². The van der Waals surface area contributed by atoms with Crippen molar-refractivity contribution in [3.8, 4) is 0 Å². The molecule has 18 heavy (non-hydrogen) atoms. The molecule has 3 atom stereocenters. The van der Waals surface area contributed by atoms with Crippen LogP contribution in [-0.4, -0.2) is 22.3 Å². The summed E-state index contributed by atoms with van der Waals surface area (Å²) in [6, 6.07) is 4.70. The zero-order chi connectivity index (χ0) is 13.7. The Bertz CT molecular complexity index is 427. The highest BCUT2D eigenvalue weighted by molar-refractivity contribution is 7.84. The normalized spacial score (nSPS) is 16.3. The highest BCUT2D eigenvalue weighted by atomic mass is 35.5. The van der Waals surface area contributed by atoms with Crippen molar-refractivity contribution in [3.05, 3.63) is 34.6 Å². The highest BCUT2D eigenvalue weighted by Gasteiger charge is 2.13. The minimum atomic E-state index is -0.769. The van der Waals surface area contributed by atoms with E-state index in [1.165, 1.54) is 12.1 Å². The Morgan fingerprint density at radius 2 is 2.11 bits per heavy atom. The van der Waals surface area contributed by atoms with Crippen molar-refractivity contribution in [3.63, 3.8) is 0 Å². The van der Waals surface area contributed by atoms with Crippen molar-refractivity contribution in [2.24, 2.45) is 0 Å². The molecule has 0 saturated heterocycles. The number of halogens is 2. The first-order chi connectivity index (χ1) is 8.40. The first kappa shape index (κ1) is 15.6. The van der Waals surface area contributed by atoms with Gasteiger partial charge in [-0.2, -0.15) is 0 Å². The largest absolute Gasteiger partial charge is 0.308 e. The van der Waals surface area contributed by atoms with E-state index in [-0.39, 0.29) is 17.9 Å². The molecule has 1 N–H and O–H groups in total. The minimum absolute atomic E-state index is 0.0402. The van der Waals surface area contributed by atoms with Crippen molar-refractivity contribution in [1.29, 1.82) is 0 Å². The molecule has 0 spiro atoms. The Morgan fingerprint density at radius 3 is 2.67 bits per heavy atom. The van der Waals surface area contributed by atoms with Gasteiger partial charge in [-0.05, 0) is 38.0 Å². The van der Waals surface area contributed by atoms with Gasteiger partial charge in [0.15, 0.2) is 0 Å². The Kier molecular flexibility index (Phi) is 6.26. The number of benzene rings is 1. The summed E-state index contributed by atoms with van der Waals surface area (Å²) in [4.78, 5) is 0. The fourth-order valence-electron chi connectivity index (χ4n) is 1.80. The highest BCUT2D eigenvalue weighted by Crippen LogP contribution is 2.24. The zero-order valence-corrected chi connectivity index (χ0v) is 12.4. The zero-order valence-electron chi connectivity index (χ0n) is 10.9. The Labute approximate surface area is 115 Å². The third-order valence-electron chi connectivity index (χ3n) is 2.80. The lowest BCUT2D eigenvalue weighted by Crippen LogP contribution is -2.30. The summed E-state index contributed by atoms with van der Waals surface area (Å²) in [5, 5.41) is 3.80. The summed E-state index contributed by atoms with van der Waals surface area (Å²) in [5.41, 5.74) is 0.877. The van der Waals surface area contributed by atoms with E-state index in [2.05, 4.69) is 5.32 Å². The molecule has 0 heterocycles. The smallest absolute Gasteiger partial charge is 0.124 e. The molecule has 0 aliphatic carbocycles. The lowest BCUT2D eigenvalue weighted by atomic mass is 10.1. The second-order valence-corrected chi connectivity index (χ2v) is 6.48. The van der Waals surface area contributed by atoms with Gasteiger partial charge in [-0.25, -0.2) is 4.39 Å². The van der Waals surface area contributed by atoms with E-state index in [0.29, 0.717) is 10.8 Å². The molecule has 0 amide bonds. The van der Waals surface area contributed by atoms with E-state index >= 15 is 0 Å². The third kappa shape index (κ3) is 5.04. The maximum Gasteiger partial charge on any atom is 0.124 e. The maximum atomic E-state index is 12.9. The molecular weight excluding hydrogens is 273 g/mol. The molecule has 1 rings (SSSR count). The maximum absolute atomic E-state index is 12.9. The molecule has 0 bridgehead atoms. The van der Waals surface area contributed by atoms with Gasteiger partial charge in [0.05, 0.1) is 0 Å². The lowest BCUT2D eigenvalue weighted by molar-refractivity contribution is 0.470. The van der Waals surface area contributed by atoms with Crippen molar-refractivity contribution < 1.29 is 8.60 Å². The van der Waals surface area contributed by atoms with Crippen LogP contribution in [0.3, 0.4) is 0 Å². The van der Waals surface area contributed by atoms with Crippen LogP contribution >= 0.6 is 11.6 Å². The van der Waals surface area contributed by atoms with Crippen LogP contribution in [0.4, 0.5) is 4.39 Å². The van der Waals surface area contributed by atoms with Crippen LogP contribution in [0.5, 0.6) is 0 Å². The van der Waals surface area contributed by atoms with Crippen LogP contribution in [0.2, 0.25) is 5.02 Å². The van der Waals surface area contributed by atoms with Gasteiger partial charge >= 0.3 is 0 Å². The molecule has 0 aliphatic heterocycles. The molecule has 5 heteroatoms. The summed E-state index contributed by atoms with van der Waals surface area (Å²) in [6.45, 7) is 4.03. The molecule has 0 aliphatic rings. The summed E-state index contributed by atoms with van der Waals surface area (Å²) >= 11 is 6.01. The molecule has 2 nitrogen and oxygen atoms in total. The van der Waals surface area contributed by atoms with E-state index in [4.69, 9.17) is 11.6 Å². The van der Waals surface area contributed by atoms with E-state index in [0.717, 1.165) is 12.0 Å². The second-order valence-electron chi connectivity index (χ2n) is 4.52. The van der Waals surface area contributed by atoms with Crippen LogP contribution in [0, 0.1) is 5.82 Å². The average Bonchev–Trinajstić information content (AvgIpc) is 2.26. The van der Waals surface area contributed by atoms with E-state index in [1.54, 1.807) is 12.3 Å². The summed E-state index contributed by atoms with van der Waals surface area (Å²) in [6.07, 6.45) is 2.54. The predicted molar refractivity (Wildman–Crippen MR) is 76.0 cm³/mol. The number of nitrogens with one attached hydrogen (secondary N) is 1. The molecule has 3 unspecified atom stereocenters. The Balaban J connectivity index is 2.59. The van der Waals surface area contributed by atoms with Crippen molar-refractivity contribution >= 4 is 22.4 Å². The molecule has 0 radical (unpaired) electrons. The quantitative estimate of drug-likeness (QED) is 0.871. The van der Waals surface area contributed by atoms with Gasteiger partial charge in [-0.3, -0.25) is 4.21 Å². The Hall–Kier alpha value is -0.450.